The zero-order valence-corrected chi connectivity index (χ0v) is 24.8. The summed E-state index contributed by atoms with van der Waals surface area (Å²) in [7, 11) is 0. The molecule has 5 rings (SSSR count). The SMILES string of the molecule is CCCCCCCCC(=O)OCOC(C(=O)OC1CC2CCC(C1)[N+]21CCCC1)(c1ccccc1)c1ccccc1. The van der Waals surface area contributed by atoms with Crippen molar-refractivity contribution in [1.82, 2.24) is 0 Å². The van der Waals surface area contributed by atoms with Crippen molar-refractivity contribution in [2.24, 2.45) is 0 Å². The molecule has 0 amide bonds. The van der Waals surface area contributed by atoms with Crippen molar-refractivity contribution >= 4 is 11.9 Å². The van der Waals surface area contributed by atoms with Gasteiger partial charge >= 0.3 is 11.9 Å². The van der Waals surface area contributed by atoms with E-state index in [1.807, 2.05) is 60.7 Å². The number of benzene rings is 2. The molecule has 0 aliphatic carbocycles. The second-order valence-electron chi connectivity index (χ2n) is 12.4. The molecular formula is C35H48NO5+. The Balaban J connectivity index is 1.30. The first-order valence-electron chi connectivity index (χ1n) is 16.1. The third-order valence-corrected chi connectivity index (χ3v) is 9.91. The quantitative estimate of drug-likeness (QED) is 0.107. The molecule has 2 unspecified atom stereocenters. The van der Waals surface area contributed by atoms with Crippen LogP contribution in [0.25, 0.3) is 0 Å². The lowest BCUT2D eigenvalue weighted by atomic mass is 9.85. The van der Waals surface area contributed by atoms with E-state index in [9.17, 15) is 9.59 Å². The molecule has 3 saturated heterocycles. The predicted molar refractivity (Wildman–Crippen MR) is 159 cm³/mol. The highest BCUT2D eigenvalue weighted by molar-refractivity contribution is 5.86. The number of hydrogen-bond acceptors (Lipinski definition) is 5. The molecule has 3 aliphatic heterocycles. The van der Waals surface area contributed by atoms with E-state index in [1.54, 1.807) is 0 Å². The molecule has 0 aromatic heterocycles. The average Bonchev–Trinajstić information content (AvgIpc) is 3.54. The highest BCUT2D eigenvalue weighted by Crippen LogP contribution is 2.47. The van der Waals surface area contributed by atoms with E-state index in [0.717, 1.165) is 32.1 Å². The van der Waals surface area contributed by atoms with E-state index in [0.29, 0.717) is 29.6 Å². The molecule has 0 saturated carbocycles. The van der Waals surface area contributed by atoms with Gasteiger partial charge in [0.1, 0.15) is 6.10 Å². The lowest BCUT2D eigenvalue weighted by molar-refractivity contribution is -0.956. The van der Waals surface area contributed by atoms with Crippen LogP contribution in [0.15, 0.2) is 60.7 Å². The van der Waals surface area contributed by atoms with Crippen LogP contribution in [0.4, 0.5) is 0 Å². The molecule has 2 aromatic rings. The van der Waals surface area contributed by atoms with Gasteiger partial charge in [-0.1, -0.05) is 99.7 Å². The van der Waals surface area contributed by atoms with Gasteiger partial charge in [-0.3, -0.25) is 4.79 Å². The zero-order valence-electron chi connectivity index (χ0n) is 24.8. The van der Waals surface area contributed by atoms with Gasteiger partial charge in [0.25, 0.3) is 0 Å². The van der Waals surface area contributed by atoms with Crippen molar-refractivity contribution in [2.45, 2.75) is 114 Å². The van der Waals surface area contributed by atoms with E-state index < -0.39 is 11.6 Å². The first-order chi connectivity index (χ1) is 20.1. The van der Waals surface area contributed by atoms with Crippen molar-refractivity contribution in [1.29, 1.82) is 0 Å². The van der Waals surface area contributed by atoms with Crippen LogP contribution in [-0.4, -0.2) is 54.5 Å². The van der Waals surface area contributed by atoms with Crippen LogP contribution in [0, 0.1) is 0 Å². The lowest BCUT2D eigenvalue weighted by Crippen LogP contribution is -2.60. The summed E-state index contributed by atoms with van der Waals surface area (Å²) in [4.78, 5) is 26.9. The van der Waals surface area contributed by atoms with Gasteiger partial charge in [0.05, 0.1) is 25.2 Å². The Labute approximate surface area is 245 Å². The van der Waals surface area contributed by atoms with Crippen LogP contribution in [0.5, 0.6) is 0 Å². The molecule has 2 bridgehead atoms. The molecule has 6 nitrogen and oxygen atoms in total. The Morgan fingerprint density at radius 3 is 1.95 bits per heavy atom. The number of nitrogens with zero attached hydrogens (tertiary/aromatic N) is 1. The van der Waals surface area contributed by atoms with Gasteiger partial charge in [0.2, 0.25) is 5.60 Å². The number of piperidine rings is 1. The van der Waals surface area contributed by atoms with E-state index in [4.69, 9.17) is 14.2 Å². The van der Waals surface area contributed by atoms with E-state index in [2.05, 4.69) is 6.92 Å². The van der Waals surface area contributed by atoms with Crippen LogP contribution in [-0.2, 0) is 29.4 Å². The second-order valence-corrected chi connectivity index (χ2v) is 12.4. The number of unbranched alkanes of at least 4 members (excludes halogenated alkanes) is 5. The molecule has 41 heavy (non-hydrogen) atoms. The van der Waals surface area contributed by atoms with Crippen LogP contribution in [0.2, 0.25) is 0 Å². The second kappa shape index (κ2) is 14.0. The van der Waals surface area contributed by atoms with E-state index >= 15 is 0 Å². The first-order valence-corrected chi connectivity index (χ1v) is 16.1. The number of hydrogen-bond donors (Lipinski definition) is 0. The molecule has 3 fully saturated rings. The average molecular weight is 563 g/mol. The number of ether oxygens (including phenoxy) is 3. The fourth-order valence-corrected chi connectivity index (χ4v) is 7.82. The number of esters is 2. The number of carbonyl (C=O) groups excluding carboxylic acids is 2. The summed E-state index contributed by atoms with van der Waals surface area (Å²) in [5, 5.41) is 0. The molecule has 1 spiro atoms. The van der Waals surface area contributed by atoms with Crippen LogP contribution in [0.3, 0.4) is 0 Å². The standard InChI is InChI=1S/C35H48NO5/c1-2-3-4-5-6-13-20-33(37)39-27-40-35(28-16-9-7-10-17-28,29-18-11-8-12-19-29)34(38)41-32-25-30-21-22-31(26-32)36(30)23-14-15-24-36/h7-12,16-19,30-32H,2-6,13-15,20-27H2,1H3/q+1. The van der Waals surface area contributed by atoms with Crippen molar-refractivity contribution in [2.75, 3.05) is 19.9 Å². The molecule has 222 valence electrons. The third-order valence-electron chi connectivity index (χ3n) is 9.91. The Kier molecular flexibility index (Phi) is 10.2. The largest absolute Gasteiger partial charge is 0.459 e. The Morgan fingerprint density at radius 2 is 1.37 bits per heavy atom. The normalized spacial score (nSPS) is 23.0. The molecule has 3 aliphatic rings. The topological polar surface area (TPSA) is 61.8 Å². The molecule has 3 heterocycles. The number of quaternary nitrogens is 1. The predicted octanol–water partition coefficient (Wildman–Crippen LogP) is 7.05. The van der Waals surface area contributed by atoms with Gasteiger partial charge in [0.15, 0.2) is 6.79 Å². The van der Waals surface area contributed by atoms with Gasteiger partial charge in [0, 0.05) is 44.9 Å². The number of carbonyl (C=O) groups is 2. The van der Waals surface area contributed by atoms with Gasteiger partial charge in [-0.15, -0.1) is 0 Å². The van der Waals surface area contributed by atoms with Crippen LogP contribution < -0.4 is 0 Å². The van der Waals surface area contributed by atoms with Crippen LogP contribution in [0.1, 0.15) is 102 Å². The lowest BCUT2D eigenvalue weighted by Gasteiger charge is -2.47. The summed E-state index contributed by atoms with van der Waals surface area (Å²) in [5.41, 5.74) is -0.186. The minimum atomic E-state index is -1.53. The monoisotopic (exact) mass is 562 g/mol. The maximum absolute atomic E-state index is 14.4. The highest BCUT2D eigenvalue weighted by atomic mass is 16.7. The van der Waals surface area contributed by atoms with E-state index in [1.165, 1.54) is 62.5 Å². The van der Waals surface area contributed by atoms with Crippen LogP contribution >= 0.6 is 0 Å². The highest BCUT2D eigenvalue weighted by Gasteiger charge is 2.57. The molecule has 0 N–H and O–H groups in total. The fraction of sp³-hybridized carbons (Fsp3) is 0.600. The summed E-state index contributed by atoms with van der Waals surface area (Å²) >= 11 is 0. The Morgan fingerprint density at radius 1 is 0.805 bits per heavy atom. The van der Waals surface area contributed by atoms with Crippen molar-refractivity contribution in [3.05, 3.63) is 71.8 Å². The molecule has 2 atom stereocenters. The molecule has 0 radical (unpaired) electrons. The third kappa shape index (κ3) is 6.54. The maximum Gasteiger partial charge on any atom is 0.348 e. The summed E-state index contributed by atoms with van der Waals surface area (Å²) in [6.07, 6.45) is 13.7. The zero-order chi connectivity index (χ0) is 28.5. The Hall–Kier alpha value is -2.70. The maximum atomic E-state index is 14.4. The Bertz CT molecular complexity index is 1060. The minimum absolute atomic E-state index is 0.130. The van der Waals surface area contributed by atoms with Gasteiger partial charge in [-0.2, -0.15) is 0 Å². The van der Waals surface area contributed by atoms with Crippen molar-refractivity contribution in [3.8, 4) is 0 Å². The fourth-order valence-electron chi connectivity index (χ4n) is 7.82. The first kappa shape index (κ1) is 29.8. The smallest absolute Gasteiger partial charge is 0.348 e. The summed E-state index contributed by atoms with van der Waals surface area (Å²) in [6, 6.07) is 20.2. The van der Waals surface area contributed by atoms with Gasteiger partial charge in [-0.25, -0.2) is 4.79 Å². The minimum Gasteiger partial charge on any atom is -0.459 e. The molecule has 6 heteroatoms. The molecule has 2 aromatic carbocycles. The van der Waals surface area contributed by atoms with Gasteiger partial charge < -0.3 is 18.7 Å². The number of rotatable bonds is 14. The van der Waals surface area contributed by atoms with Gasteiger partial charge in [-0.05, 0) is 17.5 Å². The summed E-state index contributed by atoms with van der Waals surface area (Å²) < 4.78 is 19.6. The summed E-state index contributed by atoms with van der Waals surface area (Å²) in [6.45, 7) is 4.44. The van der Waals surface area contributed by atoms with Crippen molar-refractivity contribution in [3.63, 3.8) is 0 Å². The summed E-state index contributed by atoms with van der Waals surface area (Å²) in [5.74, 6) is -0.728. The van der Waals surface area contributed by atoms with E-state index in [-0.39, 0.29) is 18.9 Å². The van der Waals surface area contributed by atoms with Crippen molar-refractivity contribution < 1.29 is 28.3 Å². The molecular weight excluding hydrogens is 514 g/mol.